The third-order valence-corrected chi connectivity index (χ3v) is 19.9. The third-order valence-electron chi connectivity index (χ3n) is 18.0. The zero-order valence-electron chi connectivity index (χ0n) is 61.6. The number of rotatable bonds is 72. The Kier molecular flexibility index (Phi) is 63.1. The Morgan fingerprint density at radius 1 is 0.298 bits per heavy atom. The van der Waals surface area contributed by atoms with E-state index in [0.717, 1.165) is 120 Å². The Hall–Kier alpha value is -1.94. The van der Waals surface area contributed by atoms with Gasteiger partial charge in [0, 0.05) is 25.7 Å². The lowest BCUT2D eigenvalue weighted by Gasteiger charge is -2.21. The fourth-order valence-corrected chi connectivity index (χ4v) is 12.9. The molecule has 0 radical (unpaired) electrons. The Labute approximate surface area is 575 Å². The zero-order valence-corrected chi connectivity index (χ0v) is 63.4. The van der Waals surface area contributed by atoms with Gasteiger partial charge >= 0.3 is 39.5 Å². The Bertz CT molecular complexity index is 1850. The molecular weight excluding hydrogens is 1230 g/mol. The first-order valence-electron chi connectivity index (χ1n) is 38.8. The summed E-state index contributed by atoms with van der Waals surface area (Å²) in [5.41, 5.74) is 0. The Morgan fingerprint density at radius 3 is 0.755 bits per heavy atom. The molecule has 0 aliphatic heterocycles. The van der Waals surface area contributed by atoms with Gasteiger partial charge in [-0.1, -0.05) is 325 Å². The van der Waals surface area contributed by atoms with Gasteiger partial charge in [-0.25, -0.2) is 9.13 Å². The first kappa shape index (κ1) is 92.1. The van der Waals surface area contributed by atoms with Crippen LogP contribution in [0.15, 0.2) is 0 Å². The third kappa shape index (κ3) is 66.0. The fraction of sp³-hybridized carbons (Fsp3) is 0.947. The molecule has 3 N–H and O–H groups in total. The molecule has 0 bridgehead atoms. The number of aliphatic hydroxyl groups excluding tert-OH is 1. The maximum absolute atomic E-state index is 13.1. The molecule has 0 saturated heterocycles. The van der Waals surface area contributed by atoms with Crippen molar-refractivity contribution in [3.05, 3.63) is 0 Å². The van der Waals surface area contributed by atoms with E-state index in [2.05, 4.69) is 55.4 Å². The number of unbranched alkanes of at least 4 members (excludes halogenated alkanes) is 36. The van der Waals surface area contributed by atoms with E-state index in [9.17, 15) is 43.2 Å². The average Bonchev–Trinajstić information content (AvgIpc) is 3.45. The van der Waals surface area contributed by atoms with Gasteiger partial charge in [-0.05, 0) is 49.4 Å². The monoisotopic (exact) mass is 1380 g/mol. The van der Waals surface area contributed by atoms with Crippen LogP contribution in [0.2, 0.25) is 0 Å². The fourth-order valence-electron chi connectivity index (χ4n) is 11.3. The molecule has 94 heavy (non-hydrogen) atoms. The number of esters is 4. The zero-order chi connectivity index (χ0) is 69.6. The Morgan fingerprint density at radius 2 is 0.511 bits per heavy atom. The van der Waals surface area contributed by atoms with Crippen LogP contribution in [-0.4, -0.2) is 96.7 Å². The second kappa shape index (κ2) is 64.4. The molecule has 7 atom stereocenters. The van der Waals surface area contributed by atoms with Gasteiger partial charge < -0.3 is 33.8 Å². The van der Waals surface area contributed by atoms with E-state index < -0.39 is 97.5 Å². The molecule has 0 aromatic carbocycles. The summed E-state index contributed by atoms with van der Waals surface area (Å²) in [4.78, 5) is 72.7. The molecule has 0 heterocycles. The summed E-state index contributed by atoms with van der Waals surface area (Å²) in [5.74, 6) is 0.919. The standard InChI is InChI=1S/C75H146O17P2/c1-9-67(7)53-45-37-31-33-40-48-56-73(78)86-62-70(91-74(79)57-49-41-30-26-22-17-13-11-12-15-19-23-27-35-43-51-65(3)4)63-89-93(81,82)87-59-69(76)60-88-94(83,84)90-64-71(92-75(80)58-50-42-34-32-38-46-54-68(8)10-2)61-85-72(77)55-47-39-29-25-21-18-14-16-20-24-28-36-44-52-66(5)6/h65-71,76H,9-64H2,1-8H3,(H,81,82)(H,83,84)/t67?,68?,69-,70+,71+/m0/s1. The number of carbonyl (C=O) groups is 4. The molecule has 17 nitrogen and oxygen atoms in total. The molecular formula is C75H146O17P2. The van der Waals surface area contributed by atoms with Gasteiger partial charge in [0.2, 0.25) is 0 Å². The van der Waals surface area contributed by atoms with Crippen molar-refractivity contribution in [3.8, 4) is 0 Å². The van der Waals surface area contributed by atoms with Crippen LogP contribution in [0.25, 0.3) is 0 Å². The number of ether oxygens (including phenoxy) is 4. The minimum absolute atomic E-state index is 0.103. The number of aliphatic hydroxyl groups is 1. The highest BCUT2D eigenvalue weighted by Crippen LogP contribution is 2.45. The van der Waals surface area contributed by atoms with Gasteiger partial charge in [0.1, 0.15) is 19.3 Å². The topological polar surface area (TPSA) is 237 Å². The van der Waals surface area contributed by atoms with Crippen molar-refractivity contribution in [2.75, 3.05) is 39.6 Å². The highest BCUT2D eigenvalue weighted by molar-refractivity contribution is 7.47. The summed E-state index contributed by atoms with van der Waals surface area (Å²) >= 11 is 0. The maximum Gasteiger partial charge on any atom is 0.472 e. The van der Waals surface area contributed by atoms with Crippen molar-refractivity contribution in [2.24, 2.45) is 23.7 Å². The maximum atomic E-state index is 13.1. The van der Waals surface area contributed by atoms with E-state index in [-0.39, 0.29) is 25.7 Å². The molecule has 0 amide bonds. The summed E-state index contributed by atoms with van der Waals surface area (Å²) in [6.45, 7) is 14.1. The first-order valence-corrected chi connectivity index (χ1v) is 41.8. The van der Waals surface area contributed by atoms with Crippen LogP contribution >= 0.6 is 15.6 Å². The van der Waals surface area contributed by atoms with E-state index in [1.807, 2.05) is 0 Å². The van der Waals surface area contributed by atoms with Gasteiger partial charge in [-0.3, -0.25) is 37.3 Å². The van der Waals surface area contributed by atoms with Crippen molar-refractivity contribution in [3.63, 3.8) is 0 Å². The predicted octanol–water partition coefficient (Wildman–Crippen LogP) is 21.7. The van der Waals surface area contributed by atoms with Crippen molar-refractivity contribution < 1.29 is 80.2 Å². The van der Waals surface area contributed by atoms with E-state index in [0.29, 0.717) is 25.7 Å². The molecule has 0 fully saturated rings. The number of phosphoric ester groups is 2. The second-order valence-electron chi connectivity index (χ2n) is 28.5. The smallest absolute Gasteiger partial charge is 0.462 e. The van der Waals surface area contributed by atoms with Gasteiger partial charge in [-0.2, -0.15) is 0 Å². The van der Waals surface area contributed by atoms with Crippen molar-refractivity contribution in [1.82, 2.24) is 0 Å². The van der Waals surface area contributed by atoms with Crippen molar-refractivity contribution in [2.45, 2.75) is 395 Å². The molecule has 4 unspecified atom stereocenters. The summed E-state index contributed by atoms with van der Waals surface area (Å²) in [6.07, 6.45) is 48.7. The molecule has 0 aliphatic rings. The molecule has 0 saturated carbocycles. The quantitative estimate of drug-likeness (QED) is 0.0222. The number of hydrogen-bond donors (Lipinski definition) is 3. The van der Waals surface area contributed by atoms with Gasteiger partial charge in [0.05, 0.1) is 26.4 Å². The molecule has 0 aromatic heterocycles. The molecule has 558 valence electrons. The Balaban J connectivity index is 5.20. The molecule has 0 aliphatic carbocycles. The van der Waals surface area contributed by atoms with Crippen LogP contribution in [0.1, 0.15) is 376 Å². The molecule has 0 rings (SSSR count). The van der Waals surface area contributed by atoms with E-state index >= 15 is 0 Å². The SMILES string of the molecule is CCC(C)CCCCCCCCC(=O)OC[C@H](COP(=O)(O)OC[C@H](O)COP(=O)(O)OC[C@@H](COC(=O)CCCCCCCCCCCCCCCC(C)C)OC(=O)CCCCCCCCC(C)CC)OC(=O)CCCCCCCCCCCCCCCCCC(C)C. The number of phosphoric acid groups is 2. The molecule has 19 heteroatoms. The lowest BCUT2D eigenvalue weighted by molar-refractivity contribution is -0.161. The summed E-state index contributed by atoms with van der Waals surface area (Å²) in [5, 5.41) is 10.6. The van der Waals surface area contributed by atoms with Crippen LogP contribution in [-0.2, 0) is 65.4 Å². The van der Waals surface area contributed by atoms with E-state index in [1.165, 1.54) is 173 Å². The predicted molar refractivity (Wildman–Crippen MR) is 381 cm³/mol. The van der Waals surface area contributed by atoms with Gasteiger partial charge in [0.25, 0.3) is 0 Å². The van der Waals surface area contributed by atoms with Crippen LogP contribution in [0.3, 0.4) is 0 Å². The number of carbonyl (C=O) groups excluding carboxylic acids is 4. The lowest BCUT2D eigenvalue weighted by Crippen LogP contribution is -2.30. The highest BCUT2D eigenvalue weighted by atomic mass is 31.2. The van der Waals surface area contributed by atoms with Crippen molar-refractivity contribution >= 4 is 39.5 Å². The number of hydrogen-bond acceptors (Lipinski definition) is 15. The molecule has 0 spiro atoms. The van der Waals surface area contributed by atoms with Gasteiger partial charge in [0.15, 0.2) is 12.2 Å². The second-order valence-corrected chi connectivity index (χ2v) is 31.4. The lowest BCUT2D eigenvalue weighted by atomic mass is 10.00. The highest BCUT2D eigenvalue weighted by Gasteiger charge is 2.30. The first-order chi connectivity index (χ1) is 45.2. The van der Waals surface area contributed by atoms with Crippen LogP contribution in [0.5, 0.6) is 0 Å². The summed E-state index contributed by atoms with van der Waals surface area (Å²) < 4.78 is 68.4. The molecule has 0 aromatic rings. The minimum atomic E-state index is -4.96. The normalized spacial score (nSPS) is 14.7. The van der Waals surface area contributed by atoms with Gasteiger partial charge in [-0.15, -0.1) is 0 Å². The van der Waals surface area contributed by atoms with Crippen LogP contribution in [0.4, 0.5) is 0 Å². The van der Waals surface area contributed by atoms with Crippen molar-refractivity contribution in [1.29, 1.82) is 0 Å². The van der Waals surface area contributed by atoms with E-state index in [1.54, 1.807) is 0 Å². The average molecular weight is 1380 g/mol. The minimum Gasteiger partial charge on any atom is -0.462 e. The van der Waals surface area contributed by atoms with Crippen LogP contribution < -0.4 is 0 Å². The largest absolute Gasteiger partial charge is 0.472 e. The van der Waals surface area contributed by atoms with E-state index in [4.69, 9.17) is 37.0 Å². The van der Waals surface area contributed by atoms with Crippen LogP contribution in [0, 0.1) is 23.7 Å². The summed E-state index contributed by atoms with van der Waals surface area (Å²) in [6, 6.07) is 0. The summed E-state index contributed by atoms with van der Waals surface area (Å²) in [7, 11) is -9.91.